The number of aromatic nitrogens is 2. The van der Waals surface area contributed by atoms with Crippen molar-refractivity contribution >= 4 is 15.9 Å². The molecule has 2 rings (SSSR count). The van der Waals surface area contributed by atoms with Crippen LogP contribution in [0.15, 0.2) is 28.7 Å². The molecule has 0 saturated carbocycles. The molecule has 96 valence electrons. The molecular formula is C13H16BrN3O. The molecule has 1 aromatic carbocycles. The van der Waals surface area contributed by atoms with E-state index in [2.05, 4.69) is 26.3 Å². The summed E-state index contributed by atoms with van der Waals surface area (Å²) in [5.74, 6) is 0.854. The van der Waals surface area contributed by atoms with Gasteiger partial charge < -0.3 is 10.1 Å². The van der Waals surface area contributed by atoms with E-state index < -0.39 is 0 Å². The highest BCUT2D eigenvalue weighted by Crippen LogP contribution is 2.31. The van der Waals surface area contributed by atoms with Crippen molar-refractivity contribution in [3.05, 3.63) is 34.4 Å². The zero-order valence-corrected chi connectivity index (χ0v) is 12.3. The van der Waals surface area contributed by atoms with E-state index >= 15 is 0 Å². The van der Waals surface area contributed by atoms with Crippen LogP contribution in [0.5, 0.6) is 5.75 Å². The first-order valence-electron chi connectivity index (χ1n) is 5.67. The average Bonchev–Trinajstić information content (AvgIpc) is 2.65. The number of benzene rings is 1. The third-order valence-corrected chi connectivity index (χ3v) is 3.60. The third-order valence-electron chi connectivity index (χ3n) is 2.76. The van der Waals surface area contributed by atoms with Crippen LogP contribution in [-0.2, 0) is 13.6 Å². The first kappa shape index (κ1) is 13.1. The van der Waals surface area contributed by atoms with Crippen LogP contribution in [0.25, 0.3) is 11.3 Å². The summed E-state index contributed by atoms with van der Waals surface area (Å²) in [6, 6.07) is 7.96. The molecule has 0 saturated heterocycles. The molecule has 1 aromatic heterocycles. The molecule has 0 aliphatic heterocycles. The summed E-state index contributed by atoms with van der Waals surface area (Å²) in [6.07, 6.45) is 0. The molecule has 0 amide bonds. The topological polar surface area (TPSA) is 39.1 Å². The van der Waals surface area contributed by atoms with Gasteiger partial charge >= 0.3 is 0 Å². The Balaban J connectivity index is 2.43. The van der Waals surface area contributed by atoms with E-state index in [0.717, 1.165) is 33.7 Å². The molecule has 0 bridgehead atoms. The maximum absolute atomic E-state index is 5.17. The SMILES string of the molecule is CNCc1nn(C)c(-c2ccc(OC)cc2)c1Br. The van der Waals surface area contributed by atoms with Gasteiger partial charge in [0, 0.05) is 19.2 Å². The number of aryl methyl sites for hydroxylation is 1. The Kier molecular flexibility index (Phi) is 4.04. The van der Waals surface area contributed by atoms with Gasteiger partial charge in [0.25, 0.3) is 0 Å². The lowest BCUT2D eigenvalue weighted by Gasteiger charge is -2.04. The first-order valence-corrected chi connectivity index (χ1v) is 6.47. The highest BCUT2D eigenvalue weighted by atomic mass is 79.9. The number of methoxy groups -OCH3 is 1. The summed E-state index contributed by atoms with van der Waals surface area (Å²) in [5.41, 5.74) is 3.19. The molecule has 0 spiro atoms. The second kappa shape index (κ2) is 5.54. The predicted octanol–water partition coefficient (Wildman–Crippen LogP) is 2.58. The van der Waals surface area contributed by atoms with Gasteiger partial charge in [-0.15, -0.1) is 0 Å². The van der Waals surface area contributed by atoms with Crippen molar-refractivity contribution in [1.29, 1.82) is 0 Å². The summed E-state index contributed by atoms with van der Waals surface area (Å²) >= 11 is 3.62. The van der Waals surface area contributed by atoms with Crippen molar-refractivity contribution in [1.82, 2.24) is 15.1 Å². The molecular weight excluding hydrogens is 294 g/mol. The van der Waals surface area contributed by atoms with E-state index in [9.17, 15) is 0 Å². The van der Waals surface area contributed by atoms with Crippen LogP contribution in [0.1, 0.15) is 5.69 Å². The normalized spacial score (nSPS) is 10.7. The number of hydrogen-bond acceptors (Lipinski definition) is 3. The van der Waals surface area contributed by atoms with E-state index in [4.69, 9.17) is 4.74 Å². The summed E-state index contributed by atoms with van der Waals surface area (Å²) in [5, 5.41) is 7.60. The molecule has 2 aromatic rings. The van der Waals surface area contributed by atoms with Gasteiger partial charge in [-0.25, -0.2) is 0 Å². The molecule has 5 heteroatoms. The Morgan fingerprint density at radius 3 is 2.56 bits per heavy atom. The Morgan fingerprint density at radius 1 is 1.33 bits per heavy atom. The molecule has 0 aliphatic carbocycles. The van der Waals surface area contributed by atoms with Crippen LogP contribution in [0.4, 0.5) is 0 Å². The van der Waals surface area contributed by atoms with Gasteiger partial charge in [-0.05, 0) is 47.2 Å². The third kappa shape index (κ3) is 2.42. The molecule has 18 heavy (non-hydrogen) atoms. The van der Waals surface area contributed by atoms with Crippen molar-refractivity contribution in [2.45, 2.75) is 6.54 Å². The Hall–Kier alpha value is -1.33. The Bertz CT molecular complexity index is 534. The quantitative estimate of drug-likeness (QED) is 0.943. The molecule has 1 N–H and O–H groups in total. The lowest BCUT2D eigenvalue weighted by molar-refractivity contribution is 0.415. The highest BCUT2D eigenvalue weighted by Gasteiger charge is 2.14. The predicted molar refractivity (Wildman–Crippen MR) is 75.7 cm³/mol. The minimum Gasteiger partial charge on any atom is -0.497 e. The van der Waals surface area contributed by atoms with Crippen molar-refractivity contribution in [3.8, 4) is 17.0 Å². The Labute approximate surface area is 115 Å². The van der Waals surface area contributed by atoms with Crippen LogP contribution in [0.3, 0.4) is 0 Å². The summed E-state index contributed by atoms with van der Waals surface area (Å²) in [4.78, 5) is 0. The lowest BCUT2D eigenvalue weighted by atomic mass is 10.1. The van der Waals surface area contributed by atoms with Crippen LogP contribution >= 0.6 is 15.9 Å². The van der Waals surface area contributed by atoms with Gasteiger partial charge in [-0.3, -0.25) is 4.68 Å². The zero-order chi connectivity index (χ0) is 13.1. The van der Waals surface area contributed by atoms with E-state index in [-0.39, 0.29) is 0 Å². The molecule has 1 heterocycles. The van der Waals surface area contributed by atoms with E-state index in [1.54, 1.807) is 7.11 Å². The van der Waals surface area contributed by atoms with Crippen molar-refractivity contribution < 1.29 is 4.74 Å². The number of nitrogens with one attached hydrogen (secondary N) is 1. The van der Waals surface area contributed by atoms with Crippen molar-refractivity contribution in [3.63, 3.8) is 0 Å². The highest BCUT2D eigenvalue weighted by molar-refractivity contribution is 9.10. The van der Waals surface area contributed by atoms with Crippen molar-refractivity contribution in [2.75, 3.05) is 14.2 Å². The van der Waals surface area contributed by atoms with Gasteiger partial charge in [-0.1, -0.05) is 0 Å². The molecule has 4 nitrogen and oxygen atoms in total. The molecule has 0 atom stereocenters. The minimum absolute atomic E-state index is 0.741. The number of ether oxygens (including phenoxy) is 1. The van der Waals surface area contributed by atoms with Crippen molar-refractivity contribution in [2.24, 2.45) is 7.05 Å². The second-order valence-corrected chi connectivity index (χ2v) is 4.78. The van der Waals surface area contributed by atoms with Gasteiger partial charge in [0.15, 0.2) is 0 Å². The number of rotatable bonds is 4. The first-order chi connectivity index (χ1) is 8.67. The number of halogens is 1. The lowest BCUT2D eigenvalue weighted by Crippen LogP contribution is -2.06. The van der Waals surface area contributed by atoms with E-state index in [1.165, 1.54) is 0 Å². The molecule has 0 radical (unpaired) electrons. The maximum atomic E-state index is 5.17. The van der Waals surface area contributed by atoms with Gasteiger partial charge in [0.05, 0.1) is 23.0 Å². The number of hydrogen-bond donors (Lipinski definition) is 1. The molecule has 0 fully saturated rings. The summed E-state index contributed by atoms with van der Waals surface area (Å²) in [6.45, 7) is 0.741. The Morgan fingerprint density at radius 2 is 2.00 bits per heavy atom. The van der Waals surface area contributed by atoms with Gasteiger partial charge in [0.2, 0.25) is 0 Å². The monoisotopic (exact) mass is 309 g/mol. The van der Waals surface area contributed by atoms with E-state index in [0.29, 0.717) is 0 Å². The number of nitrogens with zero attached hydrogens (tertiary/aromatic N) is 2. The van der Waals surface area contributed by atoms with Gasteiger partial charge in [-0.2, -0.15) is 5.10 Å². The zero-order valence-electron chi connectivity index (χ0n) is 10.7. The summed E-state index contributed by atoms with van der Waals surface area (Å²) in [7, 11) is 5.53. The minimum atomic E-state index is 0.741. The van der Waals surface area contributed by atoms with Crippen LogP contribution in [-0.4, -0.2) is 23.9 Å². The standard InChI is InChI=1S/C13H16BrN3O/c1-15-8-11-12(14)13(17(2)16-11)9-4-6-10(18-3)7-5-9/h4-7,15H,8H2,1-3H3. The average molecular weight is 310 g/mol. The largest absolute Gasteiger partial charge is 0.497 e. The fourth-order valence-electron chi connectivity index (χ4n) is 1.90. The fraction of sp³-hybridized carbons (Fsp3) is 0.308. The van der Waals surface area contributed by atoms with E-state index in [1.807, 2.05) is 43.0 Å². The fourth-order valence-corrected chi connectivity index (χ4v) is 2.60. The van der Waals surface area contributed by atoms with Crippen LogP contribution < -0.4 is 10.1 Å². The van der Waals surface area contributed by atoms with Gasteiger partial charge in [0.1, 0.15) is 5.75 Å². The summed E-state index contributed by atoms with van der Waals surface area (Å²) < 4.78 is 8.08. The van der Waals surface area contributed by atoms with Crippen LogP contribution in [0, 0.1) is 0 Å². The second-order valence-electron chi connectivity index (χ2n) is 3.99. The smallest absolute Gasteiger partial charge is 0.118 e. The molecule has 0 unspecified atom stereocenters. The maximum Gasteiger partial charge on any atom is 0.118 e. The molecule has 0 aliphatic rings. The van der Waals surface area contributed by atoms with Crippen LogP contribution in [0.2, 0.25) is 0 Å².